The lowest BCUT2D eigenvalue weighted by Gasteiger charge is -2.15. The van der Waals surface area contributed by atoms with Crippen LogP contribution in [0.5, 0.6) is 0 Å². The number of amides is 1. The minimum absolute atomic E-state index is 0.142. The molecule has 4 rings (SSSR count). The minimum atomic E-state index is -3.55. The number of carbonyl (C=O) groups is 1. The molecule has 2 aromatic carbocycles. The Balaban J connectivity index is 1.52. The molecule has 4 aromatic rings. The van der Waals surface area contributed by atoms with Gasteiger partial charge in [0.1, 0.15) is 4.83 Å². The molecule has 188 valence electrons. The van der Waals surface area contributed by atoms with Crippen LogP contribution in [0.4, 0.5) is 5.69 Å². The van der Waals surface area contributed by atoms with Gasteiger partial charge >= 0.3 is 0 Å². The SMILES string of the molecule is CCC(Sc1nc2scc(-c3ccc(C)cc3)c2c(=O)[nH]1)C(=O)Nc1ccc(S(=O)(=O)N(C)C)cc1. The summed E-state index contributed by atoms with van der Waals surface area (Å²) in [4.78, 5) is 34.1. The number of carbonyl (C=O) groups excluding carboxylic acids is 1. The molecule has 0 radical (unpaired) electrons. The summed E-state index contributed by atoms with van der Waals surface area (Å²) in [5, 5.41) is 5.15. The zero-order valence-corrected chi connectivity index (χ0v) is 22.7. The summed E-state index contributed by atoms with van der Waals surface area (Å²) in [6.45, 7) is 3.89. The van der Waals surface area contributed by atoms with Crippen molar-refractivity contribution in [3.05, 3.63) is 69.8 Å². The number of aryl methyl sites for hydroxylation is 1. The topological polar surface area (TPSA) is 112 Å². The standard InChI is InChI=1S/C25H26N4O4S3/c1-5-20(22(30)26-17-10-12-18(13-11-17)36(32,33)29(3)4)35-25-27-23(31)21-19(14-34-24(21)28-25)16-8-6-15(2)7-9-16/h6-14,20H,5H2,1-4H3,(H,26,30)(H,27,28,31). The van der Waals surface area contributed by atoms with E-state index < -0.39 is 15.3 Å². The predicted octanol–water partition coefficient (Wildman–Crippen LogP) is 4.72. The van der Waals surface area contributed by atoms with Crippen molar-refractivity contribution in [2.75, 3.05) is 19.4 Å². The van der Waals surface area contributed by atoms with Crippen LogP contribution in [0.1, 0.15) is 18.9 Å². The number of H-pyrrole nitrogens is 1. The minimum Gasteiger partial charge on any atom is -0.325 e. The Hall–Kier alpha value is -2.99. The maximum Gasteiger partial charge on any atom is 0.260 e. The molecule has 0 aliphatic rings. The smallest absolute Gasteiger partial charge is 0.260 e. The highest BCUT2D eigenvalue weighted by Gasteiger charge is 2.22. The van der Waals surface area contributed by atoms with Crippen LogP contribution >= 0.6 is 23.1 Å². The number of thioether (sulfide) groups is 1. The Bertz CT molecular complexity index is 1560. The van der Waals surface area contributed by atoms with Gasteiger partial charge in [-0.05, 0) is 43.2 Å². The summed E-state index contributed by atoms with van der Waals surface area (Å²) in [6, 6.07) is 14.0. The summed E-state index contributed by atoms with van der Waals surface area (Å²) in [5.74, 6) is -0.264. The Labute approximate surface area is 217 Å². The van der Waals surface area contributed by atoms with Crippen molar-refractivity contribution in [1.82, 2.24) is 14.3 Å². The molecule has 2 aromatic heterocycles. The van der Waals surface area contributed by atoms with Crippen LogP contribution in [0.15, 0.2) is 68.8 Å². The number of aromatic amines is 1. The largest absolute Gasteiger partial charge is 0.325 e. The first kappa shape index (κ1) is 26.1. The van der Waals surface area contributed by atoms with Gasteiger partial charge in [-0.25, -0.2) is 17.7 Å². The highest BCUT2D eigenvalue weighted by molar-refractivity contribution is 8.00. The van der Waals surface area contributed by atoms with Gasteiger partial charge in [-0.15, -0.1) is 11.3 Å². The molecule has 0 aliphatic heterocycles. The fourth-order valence-corrected chi connectivity index (χ4v) is 6.34. The first-order chi connectivity index (χ1) is 17.1. The normalized spacial score (nSPS) is 12.7. The first-order valence-electron chi connectivity index (χ1n) is 11.2. The molecule has 0 aliphatic carbocycles. The maximum absolute atomic E-state index is 13.0. The molecule has 0 bridgehead atoms. The molecule has 0 saturated heterocycles. The quantitative estimate of drug-likeness (QED) is 0.246. The van der Waals surface area contributed by atoms with Gasteiger partial charge < -0.3 is 10.3 Å². The molecule has 36 heavy (non-hydrogen) atoms. The number of aromatic nitrogens is 2. The lowest BCUT2D eigenvalue weighted by Crippen LogP contribution is -2.25. The number of benzene rings is 2. The predicted molar refractivity (Wildman–Crippen MR) is 146 cm³/mol. The van der Waals surface area contributed by atoms with Crippen LogP contribution < -0.4 is 10.9 Å². The second-order valence-corrected chi connectivity index (χ2v) is 12.6. The Morgan fingerprint density at radius 3 is 2.42 bits per heavy atom. The molecule has 0 spiro atoms. The van der Waals surface area contributed by atoms with E-state index in [1.807, 2.05) is 43.5 Å². The molecule has 8 nitrogen and oxygen atoms in total. The van der Waals surface area contributed by atoms with Gasteiger partial charge in [0.05, 0.1) is 15.5 Å². The lowest BCUT2D eigenvalue weighted by atomic mass is 10.1. The van der Waals surface area contributed by atoms with Gasteiger partial charge in [-0.1, -0.05) is 48.5 Å². The number of nitrogens with zero attached hydrogens (tertiary/aromatic N) is 2. The van der Waals surface area contributed by atoms with Crippen LogP contribution in [-0.4, -0.2) is 47.9 Å². The second kappa shape index (κ2) is 10.6. The highest BCUT2D eigenvalue weighted by Crippen LogP contribution is 2.32. The summed E-state index contributed by atoms with van der Waals surface area (Å²) in [6.07, 6.45) is 0.504. The summed E-state index contributed by atoms with van der Waals surface area (Å²) in [7, 11) is -0.625. The number of fused-ring (bicyclic) bond motifs is 1. The molecular formula is C25H26N4O4S3. The van der Waals surface area contributed by atoms with Crippen molar-refractivity contribution in [3.63, 3.8) is 0 Å². The third-order valence-corrected chi connectivity index (χ3v) is 9.55. The van der Waals surface area contributed by atoms with Gasteiger partial charge in [-0.2, -0.15) is 0 Å². The van der Waals surface area contributed by atoms with Gasteiger partial charge in [0, 0.05) is 30.7 Å². The molecule has 2 heterocycles. The summed E-state index contributed by atoms with van der Waals surface area (Å²) in [5.41, 5.74) is 3.17. The van der Waals surface area contributed by atoms with Crippen molar-refractivity contribution in [2.24, 2.45) is 0 Å². The van der Waals surface area contributed by atoms with E-state index in [1.165, 1.54) is 49.3 Å². The van der Waals surface area contributed by atoms with Crippen molar-refractivity contribution >= 4 is 54.9 Å². The van der Waals surface area contributed by atoms with Crippen molar-refractivity contribution in [3.8, 4) is 11.1 Å². The van der Waals surface area contributed by atoms with E-state index >= 15 is 0 Å². The Kier molecular flexibility index (Phi) is 7.65. The molecule has 0 saturated carbocycles. The lowest BCUT2D eigenvalue weighted by molar-refractivity contribution is -0.115. The zero-order chi connectivity index (χ0) is 26.0. The second-order valence-electron chi connectivity index (χ2n) is 8.38. The number of hydrogen-bond donors (Lipinski definition) is 2. The summed E-state index contributed by atoms with van der Waals surface area (Å²) >= 11 is 2.58. The fraction of sp³-hybridized carbons (Fsp3) is 0.240. The number of rotatable bonds is 8. The molecule has 1 atom stereocenters. The van der Waals surface area contributed by atoms with E-state index in [4.69, 9.17) is 0 Å². The van der Waals surface area contributed by atoms with Crippen LogP contribution in [-0.2, 0) is 14.8 Å². The van der Waals surface area contributed by atoms with Gasteiger partial charge in [0.2, 0.25) is 15.9 Å². The Morgan fingerprint density at radius 1 is 1.14 bits per heavy atom. The van der Waals surface area contributed by atoms with Gasteiger partial charge in [0.15, 0.2) is 5.16 Å². The zero-order valence-electron chi connectivity index (χ0n) is 20.2. The van der Waals surface area contributed by atoms with Crippen LogP contribution in [0.2, 0.25) is 0 Å². The summed E-state index contributed by atoms with van der Waals surface area (Å²) < 4.78 is 25.6. The molecule has 1 unspecified atom stereocenters. The van der Waals surface area contributed by atoms with E-state index in [0.717, 1.165) is 21.0 Å². The van der Waals surface area contributed by atoms with Crippen molar-refractivity contribution < 1.29 is 13.2 Å². The molecule has 2 N–H and O–H groups in total. The van der Waals surface area contributed by atoms with Crippen molar-refractivity contribution in [2.45, 2.75) is 35.6 Å². The molecule has 1 amide bonds. The number of sulfonamides is 1. The first-order valence-corrected chi connectivity index (χ1v) is 14.4. The van der Waals surface area contributed by atoms with E-state index in [9.17, 15) is 18.0 Å². The molecular weight excluding hydrogens is 517 g/mol. The van der Waals surface area contributed by atoms with Crippen LogP contribution in [0, 0.1) is 6.92 Å². The van der Waals surface area contributed by atoms with Crippen LogP contribution in [0.3, 0.4) is 0 Å². The monoisotopic (exact) mass is 542 g/mol. The van der Waals surface area contributed by atoms with Crippen molar-refractivity contribution in [1.29, 1.82) is 0 Å². The number of hydrogen-bond acceptors (Lipinski definition) is 7. The highest BCUT2D eigenvalue weighted by atomic mass is 32.2. The fourth-order valence-electron chi connectivity index (χ4n) is 3.53. The number of anilines is 1. The van der Waals surface area contributed by atoms with E-state index in [1.54, 1.807) is 12.1 Å². The van der Waals surface area contributed by atoms with E-state index in [-0.39, 0.29) is 16.4 Å². The van der Waals surface area contributed by atoms with E-state index in [2.05, 4.69) is 15.3 Å². The molecule has 11 heteroatoms. The van der Waals surface area contributed by atoms with Crippen LogP contribution in [0.25, 0.3) is 21.3 Å². The average molecular weight is 543 g/mol. The van der Waals surface area contributed by atoms with Gasteiger partial charge in [-0.3, -0.25) is 9.59 Å². The Morgan fingerprint density at radius 2 is 1.81 bits per heavy atom. The third-order valence-electron chi connectivity index (χ3n) is 5.60. The van der Waals surface area contributed by atoms with E-state index in [0.29, 0.717) is 27.5 Å². The molecule has 0 fully saturated rings. The van der Waals surface area contributed by atoms with Gasteiger partial charge in [0.25, 0.3) is 5.56 Å². The number of thiophene rings is 1. The average Bonchev–Trinajstić information content (AvgIpc) is 3.27. The third kappa shape index (κ3) is 5.39. The number of nitrogens with one attached hydrogen (secondary N) is 2. The maximum atomic E-state index is 13.0.